The van der Waals surface area contributed by atoms with Gasteiger partial charge in [-0.1, -0.05) is 13.8 Å². The van der Waals surface area contributed by atoms with Crippen molar-refractivity contribution in [3.05, 3.63) is 0 Å². The number of amides is 2. The lowest BCUT2D eigenvalue weighted by molar-refractivity contribution is -0.140. The van der Waals surface area contributed by atoms with Crippen molar-refractivity contribution in [3.8, 4) is 0 Å². The molecule has 1 aliphatic heterocycles. The molecule has 0 aromatic heterocycles. The molecule has 1 aliphatic rings. The molecule has 5 heteroatoms. The number of rotatable bonds is 6. The number of hydrogen-bond acceptors (Lipinski definition) is 4. The van der Waals surface area contributed by atoms with Crippen molar-refractivity contribution in [2.45, 2.75) is 20.3 Å². The molecule has 92 valence electrons. The Labute approximate surface area is 96.1 Å². The van der Waals surface area contributed by atoms with Crippen LogP contribution in [0.3, 0.4) is 0 Å². The van der Waals surface area contributed by atoms with E-state index in [9.17, 15) is 9.59 Å². The third kappa shape index (κ3) is 3.02. The molecule has 0 unspecified atom stereocenters. The standard InChI is InChI=1S/C11H20N2O3/c1-11(2)8-9(14)13(10(11)15)6-4-12-5-7-16-3/h12H,4-8H2,1-3H3. The van der Waals surface area contributed by atoms with Gasteiger partial charge in [0.05, 0.1) is 12.0 Å². The summed E-state index contributed by atoms with van der Waals surface area (Å²) in [6.07, 6.45) is 0.323. The molecule has 0 spiro atoms. The van der Waals surface area contributed by atoms with Crippen LogP contribution in [0.2, 0.25) is 0 Å². The zero-order valence-corrected chi connectivity index (χ0v) is 10.2. The van der Waals surface area contributed by atoms with E-state index in [0.717, 1.165) is 6.54 Å². The summed E-state index contributed by atoms with van der Waals surface area (Å²) in [6.45, 7) is 6.06. The molecule has 0 saturated carbocycles. The van der Waals surface area contributed by atoms with E-state index < -0.39 is 5.41 Å². The van der Waals surface area contributed by atoms with E-state index in [0.29, 0.717) is 26.1 Å². The lowest BCUT2D eigenvalue weighted by atomic mass is 9.92. The first kappa shape index (κ1) is 13.1. The zero-order valence-electron chi connectivity index (χ0n) is 10.2. The number of hydrogen-bond donors (Lipinski definition) is 1. The van der Waals surface area contributed by atoms with E-state index in [1.54, 1.807) is 7.11 Å². The minimum atomic E-state index is -0.524. The van der Waals surface area contributed by atoms with Gasteiger partial charge in [0.1, 0.15) is 0 Å². The molecule has 0 bridgehead atoms. The molecule has 0 atom stereocenters. The molecule has 1 heterocycles. The van der Waals surface area contributed by atoms with Crippen LogP contribution in [-0.4, -0.2) is 50.1 Å². The normalized spacial score (nSPS) is 19.6. The average Bonchev–Trinajstić information content (AvgIpc) is 2.39. The molecule has 16 heavy (non-hydrogen) atoms. The number of nitrogens with one attached hydrogen (secondary N) is 1. The van der Waals surface area contributed by atoms with E-state index in [2.05, 4.69) is 5.32 Å². The maximum Gasteiger partial charge on any atom is 0.235 e. The van der Waals surface area contributed by atoms with Gasteiger partial charge in [-0.3, -0.25) is 14.5 Å². The topological polar surface area (TPSA) is 58.6 Å². The molecule has 1 saturated heterocycles. The molecule has 1 N–H and O–H groups in total. The van der Waals surface area contributed by atoms with Gasteiger partial charge >= 0.3 is 0 Å². The molecular formula is C11H20N2O3. The summed E-state index contributed by atoms with van der Waals surface area (Å²) < 4.78 is 4.88. The van der Waals surface area contributed by atoms with Gasteiger partial charge in [0.25, 0.3) is 0 Å². The Morgan fingerprint density at radius 2 is 2.06 bits per heavy atom. The maximum atomic E-state index is 11.8. The van der Waals surface area contributed by atoms with Gasteiger partial charge in [0.2, 0.25) is 11.8 Å². The molecular weight excluding hydrogens is 208 g/mol. The van der Waals surface area contributed by atoms with Crippen molar-refractivity contribution < 1.29 is 14.3 Å². The second-order valence-corrected chi connectivity index (χ2v) is 4.65. The van der Waals surface area contributed by atoms with Gasteiger partial charge in [-0.05, 0) is 0 Å². The van der Waals surface area contributed by atoms with Crippen LogP contribution in [0.4, 0.5) is 0 Å². The first-order valence-electron chi connectivity index (χ1n) is 5.53. The lowest BCUT2D eigenvalue weighted by Gasteiger charge is -2.17. The maximum absolute atomic E-state index is 11.8. The lowest BCUT2D eigenvalue weighted by Crippen LogP contribution is -2.38. The third-order valence-corrected chi connectivity index (χ3v) is 2.71. The Bertz CT molecular complexity index is 276. The Morgan fingerprint density at radius 1 is 1.38 bits per heavy atom. The highest BCUT2D eigenvalue weighted by Gasteiger charge is 2.44. The van der Waals surface area contributed by atoms with Gasteiger partial charge in [-0.2, -0.15) is 0 Å². The monoisotopic (exact) mass is 228 g/mol. The largest absolute Gasteiger partial charge is 0.383 e. The summed E-state index contributed by atoms with van der Waals surface area (Å²) >= 11 is 0. The SMILES string of the molecule is COCCNCCN1C(=O)CC(C)(C)C1=O. The highest BCUT2D eigenvalue weighted by molar-refractivity contribution is 6.05. The second kappa shape index (κ2) is 5.41. The predicted molar refractivity (Wildman–Crippen MR) is 59.9 cm³/mol. The first-order chi connectivity index (χ1) is 7.49. The summed E-state index contributed by atoms with van der Waals surface area (Å²) in [4.78, 5) is 24.7. The van der Waals surface area contributed by atoms with Crippen LogP contribution in [0.15, 0.2) is 0 Å². The average molecular weight is 228 g/mol. The van der Waals surface area contributed by atoms with Crippen LogP contribution in [0.25, 0.3) is 0 Å². The van der Waals surface area contributed by atoms with Crippen molar-refractivity contribution in [1.82, 2.24) is 10.2 Å². The van der Waals surface area contributed by atoms with Gasteiger partial charge < -0.3 is 10.1 Å². The quantitative estimate of drug-likeness (QED) is 0.514. The zero-order chi connectivity index (χ0) is 12.2. The van der Waals surface area contributed by atoms with Crippen molar-refractivity contribution >= 4 is 11.8 Å². The Balaban J connectivity index is 2.32. The van der Waals surface area contributed by atoms with Crippen molar-refractivity contribution in [2.24, 2.45) is 5.41 Å². The summed E-state index contributed by atoms with van der Waals surface area (Å²) in [7, 11) is 1.64. The summed E-state index contributed by atoms with van der Waals surface area (Å²) in [5.74, 6) is -0.130. The fourth-order valence-electron chi connectivity index (χ4n) is 1.74. The van der Waals surface area contributed by atoms with Crippen LogP contribution in [0.5, 0.6) is 0 Å². The van der Waals surface area contributed by atoms with Crippen LogP contribution in [0.1, 0.15) is 20.3 Å². The number of carbonyl (C=O) groups is 2. The number of carbonyl (C=O) groups excluding carboxylic acids is 2. The van der Waals surface area contributed by atoms with Crippen molar-refractivity contribution in [1.29, 1.82) is 0 Å². The van der Waals surface area contributed by atoms with E-state index >= 15 is 0 Å². The van der Waals surface area contributed by atoms with Crippen LogP contribution >= 0.6 is 0 Å². The van der Waals surface area contributed by atoms with Crippen LogP contribution in [0, 0.1) is 5.41 Å². The number of imide groups is 1. The van der Waals surface area contributed by atoms with E-state index in [1.165, 1.54) is 4.90 Å². The van der Waals surface area contributed by atoms with Gasteiger partial charge in [0, 0.05) is 33.2 Å². The number of ether oxygens (including phenoxy) is 1. The predicted octanol–water partition coefficient (Wildman–Crippen LogP) is 0.00750. The molecule has 0 aromatic carbocycles. The number of likely N-dealkylation sites (tertiary alicyclic amines) is 1. The van der Waals surface area contributed by atoms with Gasteiger partial charge in [-0.25, -0.2) is 0 Å². The van der Waals surface area contributed by atoms with Gasteiger partial charge in [0.15, 0.2) is 0 Å². The van der Waals surface area contributed by atoms with Crippen LogP contribution < -0.4 is 5.32 Å². The minimum Gasteiger partial charge on any atom is -0.383 e. The fraction of sp³-hybridized carbons (Fsp3) is 0.818. The highest BCUT2D eigenvalue weighted by atomic mass is 16.5. The summed E-state index contributed by atoms with van der Waals surface area (Å²) in [5.41, 5.74) is -0.524. The first-order valence-corrected chi connectivity index (χ1v) is 5.53. The fourth-order valence-corrected chi connectivity index (χ4v) is 1.74. The second-order valence-electron chi connectivity index (χ2n) is 4.65. The minimum absolute atomic E-state index is 0.0639. The summed E-state index contributed by atoms with van der Waals surface area (Å²) in [5, 5.41) is 3.11. The van der Waals surface area contributed by atoms with E-state index in [-0.39, 0.29) is 11.8 Å². The number of methoxy groups -OCH3 is 1. The van der Waals surface area contributed by atoms with Crippen molar-refractivity contribution in [3.63, 3.8) is 0 Å². The molecule has 1 rings (SSSR count). The molecule has 0 aliphatic carbocycles. The molecule has 1 fully saturated rings. The van der Waals surface area contributed by atoms with E-state index in [1.807, 2.05) is 13.8 Å². The third-order valence-electron chi connectivity index (χ3n) is 2.71. The Kier molecular flexibility index (Phi) is 4.44. The Hall–Kier alpha value is -0.940. The smallest absolute Gasteiger partial charge is 0.235 e. The van der Waals surface area contributed by atoms with Crippen LogP contribution in [-0.2, 0) is 14.3 Å². The molecule has 0 aromatic rings. The van der Waals surface area contributed by atoms with Gasteiger partial charge in [-0.15, -0.1) is 0 Å². The summed E-state index contributed by atoms with van der Waals surface area (Å²) in [6, 6.07) is 0. The van der Waals surface area contributed by atoms with Crippen molar-refractivity contribution in [2.75, 3.05) is 33.4 Å². The molecule has 2 amide bonds. The molecule has 5 nitrogen and oxygen atoms in total. The van der Waals surface area contributed by atoms with E-state index in [4.69, 9.17) is 4.74 Å². The Morgan fingerprint density at radius 3 is 2.56 bits per heavy atom. The molecule has 0 radical (unpaired) electrons. The number of nitrogens with zero attached hydrogens (tertiary/aromatic N) is 1. The highest BCUT2D eigenvalue weighted by Crippen LogP contribution is 2.30.